The smallest absolute Gasteiger partial charge is 0.410 e. The minimum absolute atomic E-state index is 0.185. The van der Waals surface area contributed by atoms with Crippen molar-refractivity contribution in [1.82, 2.24) is 4.90 Å². The molecule has 2 aromatic carbocycles. The van der Waals surface area contributed by atoms with E-state index in [1.54, 1.807) is 44.4 Å². The Balaban J connectivity index is 2.36. The summed E-state index contributed by atoms with van der Waals surface area (Å²) in [6.07, 6.45) is 3.21. The molecule has 0 aliphatic carbocycles. The molecule has 0 unspecified atom stereocenters. The van der Waals surface area contributed by atoms with E-state index in [0.29, 0.717) is 5.75 Å². The lowest BCUT2D eigenvalue weighted by molar-refractivity contribution is 0.171. The largest absolute Gasteiger partial charge is 0.421 e. The zero-order chi connectivity index (χ0) is 21.3. The van der Waals surface area contributed by atoms with Crippen molar-refractivity contribution in [3.05, 3.63) is 53.1 Å². The van der Waals surface area contributed by atoms with Crippen molar-refractivity contribution in [2.45, 2.75) is 30.6 Å². The third-order valence-corrected chi connectivity index (χ3v) is 8.84. The Morgan fingerprint density at radius 3 is 2.07 bits per heavy atom. The van der Waals surface area contributed by atoms with Crippen LogP contribution in [0.5, 0.6) is 5.75 Å². The SMILES string of the molecule is Cc1ccc(S(=O)(=O)[OH+]S(C)(C)c2cc(C)c(OC(=O)N(C)C)cc2C)cc1. The molecule has 0 heterocycles. The van der Waals surface area contributed by atoms with E-state index in [-0.39, 0.29) is 4.90 Å². The van der Waals surface area contributed by atoms with Gasteiger partial charge in [-0.05, 0) is 56.2 Å². The summed E-state index contributed by atoms with van der Waals surface area (Å²) >= 11 is 0. The third kappa shape index (κ3) is 5.06. The lowest BCUT2D eigenvalue weighted by atomic mass is 10.1. The number of carbonyl (C=O) groups is 1. The van der Waals surface area contributed by atoms with Crippen molar-refractivity contribution < 1.29 is 21.6 Å². The van der Waals surface area contributed by atoms with Gasteiger partial charge in [0.05, 0.1) is 4.90 Å². The second-order valence-corrected chi connectivity index (χ2v) is 12.3. The molecule has 2 aromatic rings. The van der Waals surface area contributed by atoms with Gasteiger partial charge in [-0.25, -0.2) is 4.79 Å². The standard InChI is InChI=1S/C20H27NO5S2/c1-14-8-10-17(11-9-14)28(23,24)26-27(6,7)19-13-15(2)18(12-16(19)3)25-20(22)21(4)5/h8-13H,1-7H3/p+1. The van der Waals surface area contributed by atoms with Crippen LogP contribution in [0.2, 0.25) is 0 Å². The second-order valence-electron chi connectivity index (χ2n) is 7.28. The number of hydrogen-bond donors (Lipinski definition) is 0. The van der Waals surface area contributed by atoms with Gasteiger partial charge >= 0.3 is 16.2 Å². The first-order valence-corrected chi connectivity index (χ1v) is 12.5. The van der Waals surface area contributed by atoms with Crippen molar-refractivity contribution >= 4 is 26.5 Å². The molecule has 1 N–H and O–H groups in total. The quantitative estimate of drug-likeness (QED) is 0.521. The summed E-state index contributed by atoms with van der Waals surface area (Å²) in [6, 6.07) is 10.3. The summed E-state index contributed by atoms with van der Waals surface area (Å²) in [4.78, 5) is 14.2. The minimum Gasteiger partial charge on any atom is -0.410 e. The fourth-order valence-corrected chi connectivity index (χ4v) is 7.06. The van der Waals surface area contributed by atoms with E-state index in [9.17, 15) is 13.2 Å². The Hall–Kier alpha value is -2.03. The minimum atomic E-state index is -3.78. The Morgan fingerprint density at radius 1 is 0.964 bits per heavy atom. The fraction of sp³-hybridized carbons (Fsp3) is 0.350. The summed E-state index contributed by atoms with van der Waals surface area (Å²) in [7, 11) is -2.56. The Labute approximate surface area is 169 Å². The van der Waals surface area contributed by atoms with Gasteiger partial charge in [0.1, 0.15) is 10.6 Å². The molecule has 0 aliphatic heterocycles. The van der Waals surface area contributed by atoms with Gasteiger partial charge < -0.3 is 9.64 Å². The molecule has 0 atom stereocenters. The number of amides is 1. The van der Waals surface area contributed by atoms with Crippen LogP contribution in [0, 0.1) is 20.8 Å². The number of hydrogen-bond acceptors (Lipinski definition) is 4. The molecule has 0 fully saturated rings. The second kappa shape index (κ2) is 8.14. The van der Waals surface area contributed by atoms with Crippen molar-refractivity contribution in [1.29, 1.82) is 0 Å². The zero-order valence-electron chi connectivity index (χ0n) is 17.3. The zero-order valence-corrected chi connectivity index (χ0v) is 18.9. The van der Waals surface area contributed by atoms with Gasteiger partial charge in [-0.3, -0.25) is 3.63 Å². The highest BCUT2D eigenvalue weighted by Gasteiger charge is 2.33. The first kappa shape index (κ1) is 22.3. The predicted molar refractivity (Wildman–Crippen MR) is 114 cm³/mol. The van der Waals surface area contributed by atoms with Gasteiger partial charge in [-0.2, -0.15) is 0 Å². The Bertz CT molecular complexity index is 980. The molecule has 8 heteroatoms. The molecular formula is C20H28NO5S2+. The van der Waals surface area contributed by atoms with Crippen LogP contribution in [0.25, 0.3) is 0 Å². The van der Waals surface area contributed by atoms with Gasteiger partial charge in [0, 0.05) is 36.9 Å². The van der Waals surface area contributed by atoms with Crippen LogP contribution in [-0.2, 0) is 10.1 Å². The van der Waals surface area contributed by atoms with Crippen LogP contribution in [0.1, 0.15) is 16.7 Å². The molecule has 6 nitrogen and oxygen atoms in total. The first-order chi connectivity index (χ1) is 12.8. The highest BCUT2D eigenvalue weighted by atomic mass is 32.3. The number of rotatable bonds is 5. The van der Waals surface area contributed by atoms with E-state index in [0.717, 1.165) is 21.6 Å². The fourth-order valence-electron chi connectivity index (χ4n) is 2.64. The van der Waals surface area contributed by atoms with Crippen LogP contribution < -0.4 is 4.74 Å². The maximum atomic E-state index is 12.8. The molecule has 0 aliphatic rings. The van der Waals surface area contributed by atoms with Crippen molar-refractivity contribution in [2.24, 2.45) is 0 Å². The maximum absolute atomic E-state index is 12.8. The summed E-state index contributed by atoms with van der Waals surface area (Å²) in [6.45, 7) is 5.59. The van der Waals surface area contributed by atoms with Crippen LogP contribution in [-0.4, -0.2) is 49.6 Å². The monoisotopic (exact) mass is 426 g/mol. The van der Waals surface area contributed by atoms with Gasteiger partial charge in [-0.15, -0.1) is 8.42 Å². The predicted octanol–water partition coefficient (Wildman–Crippen LogP) is 4.49. The number of carbonyl (C=O) groups excluding carboxylic acids is 1. The van der Waals surface area contributed by atoms with Crippen LogP contribution in [0.4, 0.5) is 4.79 Å². The van der Waals surface area contributed by atoms with E-state index in [4.69, 9.17) is 4.74 Å². The lowest BCUT2D eigenvalue weighted by Gasteiger charge is -2.28. The van der Waals surface area contributed by atoms with Gasteiger partial charge in [0.2, 0.25) is 0 Å². The summed E-state index contributed by atoms with van der Waals surface area (Å²) < 4.78 is 35.2. The highest BCUT2D eigenvalue weighted by Crippen LogP contribution is 2.52. The van der Waals surface area contributed by atoms with Crippen molar-refractivity contribution in [2.75, 3.05) is 26.6 Å². The highest BCUT2D eigenvalue weighted by molar-refractivity contribution is 8.31. The van der Waals surface area contributed by atoms with Crippen molar-refractivity contribution in [3.63, 3.8) is 0 Å². The van der Waals surface area contributed by atoms with Crippen LogP contribution in [0.3, 0.4) is 0 Å². The van der Waals surface area contributed by atoms with E-state index in [2.05, 4.69) is 3.63 Å². The average Bonchev–Trinajstić information content (AvgIpc) is 2.57. The molecule has 0 radical (unpaired) electrons. The summed E-state index contributed by atoms with van der Waals surface area (Å²) in [5, 5.41) is 0. The van der Waals surface area contributed by atoms with E-state index >= 15 is 0 Å². The first-order valence-electron chi connectivity index (χ1n) is 8.63. The molecular weight excluding hydrogens is 398 g/mol. The molecule has 0 bridgehead atoms. The maximum Gasteiger partial charge on any atom is 0.421 e. The molecule has 0 saturated heterocycles. The number of ether oxygens (including phenoxy) is 1. The van der Waals surface area contributed by atoms with E-state index in [1.807, 2.05) is 39.3 Å². The van der Waals surface area contributed by atoms with Gasteiger partial charge in [-0.1, -0.05) is 17.7 Å². The van der Waals surface area contributed by atoms with E-state index in [1.165, 1.54) is 4.90 Å². The summed E-state index contributed by atoms with van der Waals surface area (Å²) in [5.74, 6) is 0.455. The molecule has 0 saturated carbocycles. The molecule has 154 valence electrons. The number of benzene rings is 2. The van der Waals surface area contributed by atoms with Crippen LogP contribution in [0.15, 0.2) is 46.2 Å². The molecule has 1 amide bonds. The van der Waals surface area contributed by atoms with E-state index < -0.39 is 26.5 Å². The van der Waals surface area contributed by atoms with Crippen LogP contribution >= 0.6 is 10.3 Å². The average molecular weight is 427 g/mol. The Morgan fingerprint density at radius 2 is 1.54 bits per heavy atom. The third-order valence-electron chi connectivity index (χ3n) is 4.18. The number of nitrogens with zero attached hydrogens (tertiary/aromatic N) is 1. The Kier molecular flexibility index (Phi) is 6.48. The van der Waals surface area contributed by atoms with Gasteiger partial charge in [0.25, 0.3) is 0 Å². The normalized spacial score (nSPS) is 12.5. The van der Waals surface area contributed by atoms with Gasteiger partial charge in [0.15, 0.2) is 0 Å². The molecule has 28 heavy (non-hydrogen) atoms. The topological polar surface area (TPSA) is 76.5 Å². The number of aryl methyl sites for hydroxylation is 3. The molecule has 0 spiro atoms. The van der Waals surface area contributed by atoms with Crippen molar-refractivity contribution in [3.8, 4) is 5.75 Å². The molecule has 0 aromatic heterocycles. The lowest BCUT2D eigenvalue weighted by Crippen LogP contribution is -2.25. The summed E-state index contributed by atoms with van der Waals surface area (Å²) in [5.41, 5.74) is 2.56. The molecule has 2 rings (SSSR count).